The van der Waals surface area contributed by atoms with Gasteiger partial charge in [0.05, 0.1) is 29.3 Å². The van der Waals surface area contributed by atoms with E-state index in [2.05, 4.69) is 10.6 Å². The molecule has 7 nitrogen and oxygen atoms in total. The highest BCUT2D eigenvalue weighted by atomic mass is 35.5. The molecule has 2 aromatic carbocycles. The molecule has 0 bridgehead atoms. The maximum atomic E-state index is 13.2. The first kappa shape index (κ1) is 22.9. The number of nitrogens with zero attached hydrogens (tertiary/aromatic N) is 1. The fraction of sp³-hybridized carbons (Fsp3) is 0.316. The van der Waals surface area contributed by atoms with Crippen LogP contribution >= 0.6 is 11.6 Å². The minimum atomic E-state index is -3.66. The van der Waals surface area contributed by atoms with Crippen molar-refractivity contribution in [3.05, 3.63) is 47.2 Å². The molecule has 0 aliphatic carbocycles. The van der Waals surface area contributed by atoms with E-state index in [9.17, 15) is 17.6 Å². The zero-order chi connectivity index (χ0) is 21.6. The standard InChI is InChI=1S/C19H23ClFN3O4S/c1-4-24(5-2)29(26,27)14-7-9-18(28-3)17(11-14)22-12-19(25)23-13-6-8-16(21)15(20)10-13/h6-11,22H,4-5,12H2,1-3H3,(H,23,25). The molecular formula is C19H23ClFN3O4S. The quantitative estimate of drug-likeness (QED) is 0.618. The number of nitrogens with one attached hydrogen (secondary N) is 2. The van der Waals surface area contributed by atoms with Crippen LogP contribution < -0.4 is 15.4 Å². The molecule has 2 aromatic rings. The number of anilines is 2. The molecule has 0 radical (unpaired) electrons. The maximum Gasteiger partial charge on any atom is 0.243 e. The topological polar surface area (TPSA) is 87.7 Å². The molecule has 0 aliphatic heterocycles. The lowest BCUT2D eigenvalue weighted by molar-refractivity contribution is -0.114. The monoisotopic (exact) mass is 443 g/mol. The number of rotatable bonds is 9. The second-order valence-electron chi connectivity index (χ2n) is 5.98. The Morgan fingerprint density at radius 1 is 1.17 bits per heavy atom. The molecule has 1 amide bonds. The molecule has 29 heavy (non-hydrogen) atoms. The van der Waals surface area contributed by atoms with Crippen LogP contribution in [0.2, 0.25) is 5.02 Å². The van der Waals surface area contributed by atoms with Crippen LogP contribution in [0.5, 0.6) is 5.75 Å². The van der Waals surface area contributed by atoms with Gasteiger partial charge in [-0.3, -0.25) is 4.79 Å². The number of carbonyl (C=O) groups excluding carboxylic acids is 1. The molecule has 0 aromatic heterocycles. The number of sulfonamides is 1. The minimum Gasteiger partial charge on any atom is -0.495 e. The van der Waals surface area contributed by atoms with E-state index in [0.717, 1.165) is 6.07 Å². The van der Waals surface area contributed by atoms with Gasteiger partial charge in [0.25, 0.3) is 0 Å². The first-order valence-electron chi connectivity index (χ1n) is 8.89. The van der Waals surface area contributed by atoms with Crippen LogP contribution in [0.3, 0.4) is 0 Å². The van der Waals surface area contributed by atoms with Crippen molar-refractivity contribution in [1.82, 2.24) is 4.31 Å². The van der Waals surface area contributed by atoms with Gasteiger partial charge < -0.3 is 15.4 Å². The van der Waals surface area contributed by atoms with Gasteiger partial charge in [-0.2, -0.15) is 4.31 Å². The van der Waals surface area contributed by atoms with E-state index in [1.54, 1.807) is 13.8 Å². The number of halogens is 2. The van der Waals surface area contributed by atoms with E-state index in [-0.39, 0.29) is 16.5 Å². The third-order valence-corrected chi connectivity index (χ3v) is 6.49. The number of ether oxygens (including phenoxy) is 1. The lowest BCUT2D eigenvalue weighted by Gasteiger charge is -2.20. The number of methoxy groups -OCH3 is 1. The number of hydrogen-bond acceptors (Lipinski definition) is 5. The molecule has 0 atom stereocenters. The second kappa shape index (κ2) is 9.91. The van der Waals surface area contributed by atoms with Gasteiger partial charge >= 0.3 is 0 Å². The SMILES string of the molecule is CCN(CC)S(=O)(=O)c1ccc(OC)c(NCC(=O)Nc2ccc(F)c(Cl)c2)c1. The van der Waals surface area contributed by atoms with E-state index < -0.39 is 21.7 Å². The Labute approximate surface area is 174 Å². The van der Waals surface area contributed by atoms with Gasteiger partial charge in [-0.05, 0) is 36.4 Å². The first-order chi connectivity index (χ1) is 13.7. The summed E-state index contributed by atoms with van der Waals surface area (Å²) in [7, 11) is -2.21. The van der Waals surface area contributed by atoms with Gasteiger partial charge in [0.2, 0.25) is 15.9 Å². The summed E-state index contributed by atoms with van der Waals surface area (Å²) < 4.78 is 45.2. The van der Waals surface area contributed by atoms with E-state index in [4.69, 9.17) is 16.3 Å². The van der Waals surface area contributed by atoms with Crippen molar-refractivity contribution in [2.24, 2.45) is 0 Å². The lowest BCUT2D eigenvalue weighted by atomic mass is 10.3. The van der Waals surface area contributed by atoms with Crippen LogP contribution in [0.25, 0.3) is 0 Å². The molecule has 0 aliphatic rings. The number of carbonyl (C=O) groups is 1. The number of amides is 1. The van der Waals surface area contributed by atoms with Gasteiger partial charge in [-0.25, -0.2) is 12.8 Å². The summed E-state index contributed by atoms with van der Waals surface area (Å²) >= 11 is 5.70. The average Bonchev–Trinajstić information content (AvgIpc) is 2.69. The normalized spacial score (nSPS) is 11.4. The zero-order valence-electron chi connectivity index (χ0n) is 16.3. The summed E-state index contributed by atoms with van der Waals surface area (Å²) in [5.74, 6) is -0.619. The van der Waals surface area contributed by atoms with E-state index >= 15 is 0 Å². The fourth-order valence-corrected chi connectivity index (χ4v) is 4.32. The van der Waals surface area contributed by atoms with Crippen LogP contribution in [0.4, 0.5) is 15.8 Å². The van der Waals surface area contributed by atoms with Crippen molar-refractivity contribution in [2.75, 3.05) is 37.4 Å². The molecule has 0 saturated heterocycles. The Bertz CT molecular complexity index is 981. The molecular weight excluding hydrogens is 421 g/mol. The van der Waals surface area contributed by atoms with E-state index in [0.29, 0.717) is 30.2 Å². The second-order valence-corrected chi connectivity index (χ2v) is 8.33. The molecule has 0 saturated carbocycles. The summed E-state index contributed by atoms with van der Waals surface area (Å²) in [6.07, 6.45) is 0. The molecule has 2 N–H and O–H groups in total. The number of benzene rings is 2. The molecule has 0 fully saturated rings. The van der Waals surface area contributed by atoms with Crippen molar-refractivity contribution in [3.8, 4) is 5.75 Å². The zero-order valence-corrected chi connectivity index (χ0v) is 17.9. The van der Waals surface area contributed by atoms with Crippen LogP contribution in [0, 0.1) is 5.82 Å². The van der Waals surface area contributed by atoms with Gasteiger partial charge in [0, 0.05) is 18.8 Å². The first-order valence-corrected chi connectivity index (χ1v) is 10.7. The van der Waals surface area contributed by atoms with Crippen LogP contribution in [-0.2, 0) is 14.8 Å². The smallest absolute Gasteiger partial charge is 0.243 e. The summed E-state index contributed by atoms with van der Waals surface area (Å²) in [6.45, 7) is 4.04. The maximum absolute atomic E-state index is 13.2. The third-order valence-electron chi connectivity index (χ3n) is 4.16. The van der Waals surface area contributed by atoms with Crippen molar-refractivity contribution in [2.45, 2.75) is 18.7 Å². The Morgan fingerprint density at radius 2 is 1.86 bits per heavy atom. The van der Waals surface area contributed by atoms with Crippen molar-refractivity contribution < 1.29 is 22.3 Å². The minimum absolute atomic E-state index is 0.0928. The van der Waals surface area contributed by atoms with Gasteiger partial charge in [-0.15, -0.1) is 0 Å². The highest BCUT2D eigenvalue weighted by molar-refractivity contribution is 7.89. The summed E-state index contributed by atoms with van der Waals surface area (Å²) in [5.41, 5.74) is 0.695. The van der Waals surface area contributed by atoms with Crippen molar-refractivity contribution >= 4 is 38.9 Å². The lowest BCUT2D eigenvalue weighted by Crippen LogP contribution is -2.30. The van der Waals surface area contributed by atoms with E-state index in [1.807, 2.05) is 0 Å². The third kappa shape index (κ3) is 5.59. The van der Waals surface area contributed by atoms with Crippen LogP contribution in [-0.4, -0.2) is 45.4 Å². The molecule has 158 valence electrons. The highest BCUT2D eigenvalue weighted by Gasteiger charge is 2.23. The highest BCUT2D eigenvalue weighted by Crippen LogP contribution is 2.29. The summed E-state index contributed by atoms with van der Waals surface area (Å²) in [6, 6.07) is 8.24. The Balaban J connectivity index is 2.16. The summed E-state index contributed by atoms with van der Waals surface area (Å²) in [4.78, 5) is 12.3. The van der Waals surface area contributed by atoms with E-state index in [1.165, 1.54) is 41.7 Å². The molecule has 0 unspecified atom stereocenters. The molecule has 2 rings (SSSR count). The van der Waals surface area contributed by atoms with Crippen molar-refractivity contribution in [1.29, 1.82) is 0 Å². The molecule has 0 heterocycles. The van der Waals surface area contributed by atoms with Gasteiger partial charge in [0.1, 0.15) is 11.6 Å². The largest absolute Gasteiger partial charge is 0.495 e. The average molecular weight is 444 g/mol. The Kier molecular flexibility index (Phi) is 7.83. The Hall–Kier alpha value is -2.36. The van der Waals surface area contributed by atoms with Crippen LogP contribution in [0.15, 0.2) is 41.3 Å². The molecule has 0 spiro atoms. The number of hydrogen-bond donors (Lipinski definition) is 2. The predicted molar refractivity (Wildman–Crippen MR) is 112 cm³/mol. The fourth-order valence-electron chi connectivity index (χ4n) is 2.65. The van der Waals surface area contributed by atoms with Crippen molar-refractivity contribution in [3.63, 3.8) is 0 Å². The molecule has 10 heteroatoms. The van der Waals surface area contributed by atoms with Gasteiger partial charge in [0.15, 0.2) is 0 Å². The van der Waals surface area contributed by atoms with Crippen LogP contribution in [0.1, 0.15) is 13.8 Å². The van der Waals surface area contributed by atoms with Gasteiger partial charge in [-0.1, -0.05) is 25.4 Å². The summed E-state index contributed by atoms with van der Waals surface area (Å²) in [5, 5.41) is 5.34. The Morgan fingerprint density at radius 3 is 2.45 bits per heavy atom. The predicted octanol–water partition coefficient (Wildman–Crippen LogP) is 3.57.